The summed E-state index contributed by atoms with van der Waals surface area (Å²) in [4.78, 5) is 38.7. The van der Waals surface area contributed by atoms with Crippen LogP contribution >= 0.6 is 11.8 Å². The number of ether oxygens (including phenoxy) is 2. The Morgan fingerprint density at radius 1 is 0.744 bits per heavy atom. The Hall–Kier alpha value is -4.56. The SMILES string of the molecule is CCOC(=O)c1ccc(NC(=O)C(Sc2ccc(NC(=O)c3ccc(OC)cc3)cc2)c2ccccc2)cc1. The summed E-state index contributed by atoms with van der Waals surface area (Å²) >= 11 is 1.40. The van der Waals surface area contributed by atoms with E-state index in [2.05, 4.69) is 10.6 Å². The molecule has 0 aromatic heterocycles. The zero-order valence-corrected chi connectivity index (χ0v) is 22.4. The molecule has 0 heterocycles. The fourth-order valence-electron chi connectivity index (χ4n) is 3.71. The standard InChI is InChI=1S/C31H28N2O5S/c1-3-38-31(36)23-9-13-24(14-10-23)33-30(35)28(21-7-5-4-6-8-21)39-27-19-15-25(16-20-27)32-29(34)22-11-17-26(37-2)18-12-22/h4-20,28H,3H2,1-2H3,(H,32,34)(H,33,35). The molecule has 0 fully saturated rings. The quantitative estimate of drug-likeness (QED) is 0.174. The van der Waals surface area contributed by atoms with Crippen LogP contribution in [0.15, 0.2) is 108 Å². The van der Waals surface area contributed by atoms with Crippen LogP contribution in [0.1, 0.15) is 38.5 Å². The highest BCUT2D eigenvalue weighted by atomic mass is 32.2. The second kappa shape index (κ2) is 13.3. The molecule has 39 heavy (non-hydrogen) atoms. The van der Waals surface area contributed by atoms with Gasteiger partial charge in [-0.05, 0) is 85.3 Å². The van der Waals surface area contributed by atoms with Gasteiger partial charge in [0.1, 0.15) is 11.0 Å². The Kier molecular flexibility index (Phi) is 9.37. The van der Waals surface area contributed by atoms with Crippen LogP contribution in [0, 0.1) is 0 Å². The highest BCUT2D eigenvalue weighted by molar-refractivity contribution is 8.00. The molecule has 4 aromatic carbocycles. The highest BCUT2D eigenvalue weighted by Gasteiger charge is 2.22. The molecule has 0 saturated carbocycles. The number of carbonyl (C=O) groups is 3. The Morgan fingerprint density at radius 2 is 1.33 bits per heavy atom. The van der Waals surface area contributed by atoms with Crippen molar-refractivity contribution in [3.63, 3.8) is 0 Å². The number of hydrogen-bond donors (Lipinski definition) is 2. The highest BCUT2D eigenvalue weighted by Crippen LogP contribution is 2.36. The van der Waals surface area contributed by atoms with Crippen molar-refractivity contribution < 1.29 is 23.9 Å². The molecule has 0 aliphatic heterocycles. The van der Waals surface area contributed by atoms with Gasteiger partial charge < -0.3 is 20.1 Å². The van der Waals surface area contributed by atoms with E-state index in [4.69, 9.17) is 9.47 Å². The first-order chi connectivity index (χ1) is 19.0. The van der Waals surface area contributed by atoms with Crippen LogP contribution in [-0.2, 0) is 9.53 Å². The average molecular weight is 541 g/mol. The number of esters is 1. The maximum atomic E-state index is 13.4. The third-order valence-electron chi connectivity index (χ3n) is 5.72. The minimum atomic E-state index is -0.532. The molecular formula is C31H28N2O5S. The molecule has 0 saturated heterocycles. The van der Waals surface area contributed by atoms with E-state index >= 15 is 0 Å². The Morgan fingerprint density at radius 3 is 1.95 bits per heavy atom. The van der Waals surface area contributed by atoms with Gasteiger partial charge in [0.2, 0.25) is 5.91 Å². The maximum Gasteiger partial charge on any atom is 0.338 e. The number of hydrogen-bond acceptors (Lipinski definition) is 6. The van der Waals surface area contributed by atoms with Crippen LogP contribution in [0.4, 0.5) is 11.4 Å². The summed E-state index contributed by atoms with van der Waals surface area (Å²) in [5.74, 6) is -0.157. The molecule has 2 amide bonds. The summed E-state index contributed by atoms with van der Waals surface area (Å²) in [6.07, 6.45) is 0. The number of methoxy groups -OCH3 is 1. The molecule has 0 aliphatic rings. The van der Waals surface area contributed by atoms with E-state index in [1.165, 1.54) is 11.8 Å². The predicted octanol–water partition coefficient (Wildman–Crippen LogP) is 6.60. The predicted molar refractivity (Wildman–Crippen MR) is 153 cm³/mol. The minimum Gasteiger partial charge on any atom is -0.497 e. The van der Waals surface area contributed by atoms with Gasteiger partial charge in [-0.15, -0.1) is 11.8 Å². The topological polar surface area (TPSA) is 93.7 Å². The van der Waals surface area contributed by atoms with Crippen LogP contribution in [0.2, 0.25) is 0 Å². The molecule has 198 valence electrons. The largest absolute Gasteiger partial charge is 0.497 e. The lowest BCUT2D eigenvalue weighted by atomic mass is 10.1. The fourth-order valence-corrected chi connectivity index (χ4v) is 4.74. The van der Waals surface area contributed by atoms with Gasteiger partial charge in [0.25, 0.3) is 5.91 Å². The molecule has 0 radical (unpaired) electrons. The van der Waals surface area contributed by atoms with Crippen LogP contribution < -0.4 is 15.4 Å². The fraction of sp³-hybridized carbons (Fsp3) is 0.129. The van der Waals surface area contributed by atoms with E-state index in [0.29, 0.717) is 34.9 Å². The van der Waals surface area contributed by atoms with Crippen LogP contribution in [0.3, 0.4) is 0 Å². The third kappa shape index (κ3) is 7.49. The van der Waals surface area contributed by atoms with Crippen molar-refractivity contribution in [1.29, 1.82) is 0 Å². The van der Waals surface area contributed by atoms with Gasteiger partial charge >= 0.3 is 5.97 Å². The average Bonchev–Trinajstić information content (AvgIpc) is 2.97. The molecular weight excluding hydrogens is 512 g/mol. The summed E-state index contributed by atoms with van der Waals surface area (Å²) in [5, 5.41) is 5.30. The van der Waals surface area contributed by atoms with Crippen molar-refractivity contribution in [2.24, 2.45) is 0 Å². The number of amides is 2. The van der Waals surface area contributed by atoms with Crippen LogP contribution in [0.25, 0.3) is 0 Å². The van der Waals surface area contributed by atoms with Gasteiger partial charge in [0.15, 0.2) is 0 Å². The number of carbonyl (C=O) groups excluding carboxylic acids is 3. The normalized spacial score (nSPS) is 11.2. The molecule has 2 N–H and O–H groups in total. The van der Waals surface area contributed by atoms with E-state index < -0.39 is 11.2 Å². The number of benzene rings is 4. The smallest absolute Gasteiger partial charge is 0.338 e. The van der Waals surface area contributed by atoms with Crippen LogP contribution in [-0.4, -0.2) is 31.5 Å². The molecule has 0 bridgehead atoms. The maximum absolute atomic E-state index is 13.4. The van der Waals surface area contributed by atoms with Gasteiger partial charge in [0, 0.05) is 21.8 Å². The lowest BCUT2D eigenvalue weighted by Crippen LogP contribution is -2.19. The first kappa shape index (κ1) is 27.5. The lowest BCUT2D eigenvalue weighted by molar-refractivity contribution is -0.115. The van der Waals surface area contributed by atoms with Crippen LogP contribution in [0.5, 0.6) is 5.75 Å². The number of thioether (sulfide) groups is 1. The number of anilines is 2. The van der Waals surface area contributed by atoms with Gasteiger partial charge in [0.05, 0.1) is 19.3 Å². The second-order valence-electron chi connectivity index (χ2n) is 8.40. The summed E-state index contributed by atoms with van der Waals surface area (Å²) in [7, 11) is 1.57. The van der Waals surface area contributed by atoms with Crippen molar-refractivity contribution in [2.45, 2.75) is 17.1 Å². The molecule has 0 spiro atoms. The van der Waals surface area contributed by atoms with E-state index in [1.54, 1.807) is 74.7 Å². The van der Waals surface area contributed by atoms with Crippen molar-refractivity contribution in [1.82, 2.24) is 0 Å². The first-order valence-corrected chi connectivity index (χ1v) is 13.2. The Balaban J connectivity index is 1.44. The van der Waals surface area contributed by atoms with Gasteiger partial charge in [-0.3, -0.25) is 9.59 Å². The molecule has 1 atom stereocenters. The number of rotatable bonds is 10. The Labute approximate surface area is 231 Å². The van der Waals surface area contributed by atoms with Crippen molar-refractivity contribution in [3.05, 3.63) is 120 Å². The third-order valence-corrected chi connectivity index (χ3v) is 6.99. The Bertz CT molecular complexity index is 1410. The molecule has 7 nitrogen and oxygen atoms in total. The summed E-state index contributed by atoms with van der Waals surface area (Å²) in [6.45, 7) is 2.04. The summed E-state index contributed by atoms with van der Waals surface area (Å²) in [6, 6.07) is 30.3. The number of nitrogens with one attached hydrogen (secondary N) is 2. The second-order valence-corrected chi connectivity index (χ2v) is 9.58. The van der Waals surface area contributed by atoms with Crippen molar-refractivity contribution in [2.75, 3.05) is 24.4 Å². The lowest BCUT2D eigenvalue weighted by Gasteiger charge is -2.17. The van der Waals surface area contributed by atoms with Gasteiger partial charge in [-0.25, -0.2) is 4.79 Å². The summed E-state index contributed by atoms with van der Waals surface area (Å²) < 4.78 is 10.2. The zero-order chi connectivity index (χ0) is 27.6. The molecule has 1 unspecified atom stereocenters. The summed E-state index contributed by atoms with van der Waals surface area (Å²) in [5.41, 5.74) is 3.00. The molecule has 4 rings (SSSR count). The minimum absolute atomic E-state index is 0.202. The monoisotopic (exact) mass is 540 g/mol. The zero-order valence-electron chi connectivity index (χ0n) is 21.5. The van der Waals surface area contributed by atoms with E-state index in [0.717, 1.165) is 10.5 Å². The van der Waals surface area contributed by atoms with E-state index in [9.17, 15) is 14.4 Å². The van der Waals surface area contributed by atoms with Gasteiger partial charge in [-0.2, -0.15) is 0 Å². The molecule has 0 aliphatic carbocycles. The van der Waals surface area contributed by atoms with Crippen molar-refractivity contribution >= 4 is 40.9 Å². The van der Waals surface area contributed by atoms with E-state index in [-0.39, 0.29) is 11.8 Å². The first-order valence-electron chi connectivity index (χ1n) is 12.3. The molecule has 4 aromatic rings. The van der Waals surface area contributed by atoms with Crippen molar-refractivity contribution in [3.8, 4) is 5.75 Å². The van der Waals surface area contributed by atoms with E-state index in [1.807, 2.05) is 42.5 Å². The van der Waals surface area contributed by atoms with Gasteiger partial charge in [-0.1, -0.05) is 30.3 Å². The molecule has 8 heteroatoms.